The quantitative estimate of drug-likeness (QED) is 0.679. The fourth-order valence-electron chi connectivity index (χ4n) is 2.47. The molecular formula is C16H12ClF3N2O3S. The third-order valence-corrected chi connectivity index (χ3v) is 4.95. The van der Waals surface area contributed by atoms with Gasteiger partial charge in [-0.15, -0.1) is 11.3 Å². The van der Waals surface area contributed by atoms with Gasteiger partial charge in [0.15, 0.2) is 5.69 Å². The third kappa shape index (κ3) is 3.78. The minimum Gasteiger partial charge on any atom is -0.487 e. The molecule has 138 valence electrons. The first-order valence-electron chi connectivity index (χ1n) is 7.29. The molecule has 5 nitrogen and oxygen atoms in total. The summed E-state index contributed by atoms with van der Waals surface area (Å²) in [6, 6.07) is 4.12. The van der Waals surface area contributed by atoms with Crippen molar-refractivity contribution in [2.45, 2.75) is 19.2 Å². The molecule has 0 amide bonds. The monoisotopic (exact) mass is 404 g/mol. The van der Waals surface area contributed by atoms with Crippen LogP contribution in [0.2, 0.25) is 5.02 Å². The molecule has 0 bridgehead atoms. The normalized spacial score (nSPS) is 11.9. The number of carboxylic acids is 1. The van der Waals surface area contributed by atoms with E-state index in [0.717, 1.165) is 15.4 Å². The van der Waals surface area contributed by atoms with E-state index in [1.807, 2.05) is 0 Å². The fourth-order valence-corrected chi connectivity index (χ4v) is 3.87. The van der Waals surface area contributed by atoms with Crippen LogP contribution in [0.15, 0.2) is 23.6 Å². The molecule has 0 aliphatic carbocycles. The summed E-state index contributed by atoms with van der Waals surface area (Å²) in [5.41, 5.74) is -0.120. The summed E-state index contributed by atoms with van der Waals surface area (Å²) in [6.45, 7) is -0.116. The number of halogens is 4. The van der Waals surface area contributed by atoms with Gasteiger partial charge in [0.2, 0.25) is 0 Å². The van der Waals surface area contributed by atoms with Crippen molar-refractivity contribution in [2.75, 3.05) is 0 Å². The van der Waals surface area contributed by atoms with Crippen LogP contribution in [-0.2, 0) is 31.0 Å². The van der Waals surface area contributed by atoms with Crippen molar-refractivity contribution < 1.29 is 27.8 Å². The number of carbonyl (C=O) groups is 1. The number of carboxylic acid groups (broad SMARTS) is 1. The molecule has 0 spiro atoms. The Bertz CT molecular complexity index is 981. The van der Waals surface area contributed by atoms with Gasteiger partial charge in [-0.05, 0) is 29.1 Å². The molecule has 0 aliphatic heterocycles. The Hall–Kier alpha value is -2.26. The predicted molar refractivity (Wildman–Crippen MR) is 90.7 cm³/mol. The van der Waals surface area contributed by atoms with Crippen LogP contribution in [0, 0.1) is 0 Å². The van der Waals surface area contributed by atoms with Gasteiger partial charge >= 0.3 is 12.1 Å². The van der Waals surface area contributed by atoms with Crippen LogP contribution in [0.25, 0.3) is 10.1 Å². The van der Waals surface area contributed by atoms with Crippen molar-refractivity contribution >= 4 is 39.0 Å². The Balaban J connectivity index is 1.82. The first-order valence-corrected chi connectivity index (χ1v) is 8.55. The highest BCUT2D eigenvalue weighted by Crippen LogP contribution is 2.36. The molecule has 0 saturated carbocycles. The van der Waals surface area contributed by atoms with Crippen molar-refractivity contribution in [3.05, 3.63) is 45.6 Å². The number of ether oxygens (including phenoxy) is 1. The number of fused-ring (bicyclic) bond motifs is 1. The van der Waals surface area contributed by atoms with E-state index in [-0.39, 0.29) is 18.7 Å². The van der Waals surface area contributed by atoms with E-state index in [9.17, 15) is 18.0 Å². The van der Waals surface area contributed by atoms with Crippen LogP contribution in [0.4, 0.5) is 13.2 Å². The number of benzene rings is 1. The summed E-state index contributed by atoms with van der Waals surface area (Å²) < 4.78 is 45.5. The molecule has 26 heavy (non-hydrogen) atoms. The molecule has 0 saturated heterocycles. The minimum absolute atomic E-state index is 0.116. The first kappa shape index (κ1) is 18.5. The van der Waals surface area contributed by atoms with Crippen molar-refractivity contribution in [1.29, 1.82) is 0 Å². The molecule has 3 aromatic rings. The zero-order valence-electron chi connectivity index (χ0n) is 13.3. The Labute approximate surface area is 154 Å². The molecular weight excluding hydrogens is 393 g/mol. The highest BCUT2D eigenvalue weighted by molar-refractivity contribution is 7.17. The summed E-state index contributed by atoms with van der Waals surface area (Å²) in [7, 11) is 1.40. The second-order valence-corrected chi connectivity index (χ2v) is 6.86. The maximum Gasteiger partial charge on any atom is 0.435 e. The van der Waals surface area contributed by atoms with Crippen molar-refractivity contribution in [3.8, 4) is 5.75 Å². The molecule has 0 unspecified atom stereocenters. The number of nitrogens with zero attached hydrogens (tertiary/aromatic N) is 2. The van der Waals surface area contributed by atoms with Crippen LogP contribution in [0.1, 0.15) is 17.0 Å². The van der Waals surface area contributed by atoms with E-state index >= 15 is 0 Å². The summed E-state index contributed by atoms with van der Waals surface area (Å²) in [5, 5.41) is 15.0. The van der Waals surface area contributed by atoms with Crippen molar-refractivity contribution in [1.82, 2.24) is 9.78 Å². The van der Waals surface area contributed by atoms with E-state index < -0.39 is 17.8 Å². The third-order valence-electron chi connectivity index (χ3n) is 3.67. The maximum atomic E-state index is 12.7. The first-order chi connectivity index (χ1) is 12.1. The molecule has 2 heterocycles. The summed E-state index contributed by atoms with van der Waals surface area (Å²) >= 11 is 7.56. The highest BCUT2D eigenvalue weighted by atomic mass is 35.5. The van der Waals surface area contributed by atoms with Gasteiger partial charge in [0.05, 0.1) is 17.1 Å². The largest absolute Gasteiger partial charge is 0.487 e. The number of hydrogen-bond donors (Lipinski definition) is 1. The number of hydrogen-bond acceptors (Lipinski definition) is 4. The summed E-state index contributed by atoms with van der Waals surface area (Å²) in [5.74, 6) is -0.584. The highest BCUT2D eigenvalue weighted by Gasteiger charge is 2.34. The number of aromatic nitrogens is 2. The summed E-state index contributed by atoms with van der Waals surface area (Å²) in [6.07, 6.45) is -4.66. The van der Waals surface area contributed by atoms with Crippen molar-refractivity contribution in [2.24, 2.45) is 7.05 Å². The van der Waals surface area contributed by atoms with Gasteiger partial charge in [0, 0.05) is 17.1 Å². The van der Waals surface area contributed by atoms with Crippen LogP contribution in [-0.4, -0.2) is 20.9 Å². The minimum atomic E-state index is -4.52. The number of alkyl halides is 3. The van der Waals surface area contributed by atoms with Gasteiger partial charge in [-0.2, -0.15) is 18.3 Å². The van der Waals surface area contributed by atoms with E-state index in [2.05, 4.69) is 5.10 Å². The molecule has 0 atom stereocenters. The second kappa shape index (κ2) is 6.81. The van der Waals surface area contributed by atoms with Gasteiger partial charge in [-0.1, -0.05) is 11.6 Å². The lowest BCUT2D eigenvalue weighted by Gasteiger charge is -2.08. The molecule has 1 aromatic carbocycles. The SMILES string of the molecule is Cn1nc(C(F)(F)F)cc1COc1cc(Cl)c2c(CC(=O)O)csc2c1. The van der Waals surface area contributed by atoms with Gasteiger partial charge < -0.3 is 9.84 Å². The average Bonchev–Trinajstić information content (AvgIpc) is 3.08. The second-order valence-electron chi connectivity index (χ2n) is 5.54. The van der Waals surface area contributed by atoms with Gasteiger partial charge in [0.25, 0.3) is 0 Å². The fraction of sp³-hybridized carbons (Fsp3) is 0.250. The standard InChI is InChI=1S/C16H12ClF3N2O3S/c1-22-9(3-13(21-22)16(18,19)20)6-25-10-4-11(17)15-8(2-14(23)24)7-26-12(15)5-10/h3-5,7H,2,6H2,1H3,(H,23,24). The average molecular weight is 405 g/mol. The molecule has 0 fully saturated rings. The molecule has 10 heteroatoms. The van der Waals surface area contributed by atoms with Gasteiger partial charge in [-0.25, -0.2) is 0 Å². The van der Waals surface area contributed by atoms with Crippen LogP contribution >= 0.6 is 22.9 Å². The van der Waals surface area contributed by atoms with Crippen LogP contribution in [0.5, 0.6) is 5.75 Å². The smallest absolute Gasteiger partial charge is 0.435 e. The van der Waals surface area contributed by atoms with E-state index in [1.54, 1.807) is 11.4 Å². The predicted octanol–water partition coefficient (Wildman–Crippen LogP) is 4.51. The Morgan fingerprint density at radius 3 is 2.73 bits per heavy atom. The van der Waals surface area contributed by atoms with Gasteiger partial charge in [0.1, 0.15) is 12.4 Å². The Kier molecular flexibility index (Phi) is 4.85. The zero-order valence-corrected chi connectivity index (χ0v) is 14.9. The molecule has 2 aromatic heterocycles. The lowest BCUT2D eigenvalue weighted by molar-refractivity contribution is -0.141. The van der Waals surface area contributed by atoms with E-state index in [0.29, 0.717) is 21.7 Å². The van der Waals surface area contributed by atoms with Crippen molar-refractivity contribution in [3.63, 3.8) is 0 Å². The molecule has 0 radical (unpaired) electrons. The number of rotatable bonds is 5. The lowest BCUT2D eigenvalue weighted by atomic mass is 10.1. The number of thiophene rings is 1. The maximum absolute atomic E-state index is 12.7. The number of aryl methyl sites for hydroxylation is 1. The zero-order chi connectivity index (χ0) is 19.1. The van der Waals surface area contributed by atoms with Gasteiger partial charge in [-0.3, -0.25) is 9.48 Å². The molecule has 1 N–H and O–H groups in total. The van der Waals surface area contributed by atoms with Crippen LogP contribution in [0.3, 0.4) is 0 Å². The Morgan fingerprint density at radius 1 is 1.38 bits per heavy atom. The summed E-state index contributed by atoms with van der Waals surface area (Å²) in [4.78, 5) is 10.9. The molecule has 3 rings (SSSR count). The van der Waals surface area contributed by atoms with Crippen LogP contribution < -0.4 is 4.74 Å². The lowest BCUT2D eigenvalue weighted by Crippen LogP contribution is -2.06. The number of aliphatic carboxylic acids is 1. The Morgan fingerprint density at radius 2 is 2.12 bits per heavy atom. The topological polar surface area (TPSA) is 64.4 Å². The van der Waals surface area contributed by atoms with E-state index in [1.165, 1.54) is 24.5 Å². The molecule has 0 aliphatic rings. The van der Waals surface area contributed by atoms with E-state index in [4.69, 9.17) is 21.4 Å².